The van der Waals surface area contributed by atoms with Crippen molar-refractivity contribution in [3.8, 4) is 11.8 Å². The minimum atomic E-state index is -0.302. The molecule has 2 aromatic carbocycles. The van der Waals surface area contributed by atoms with E-state index in [0.29, 0.717) is 65.4 Å². The zero-order valence-electron chi connectivity index (χ0n) is 22.2. The highest BCUT2D eigenvalue weighted by atomic mass is 79.9. The fourth-order valence-corrected chi connectivity index (χ4v) is 4.48. The Balaban J connectivity index is 0.00000400. The number of hydrogen-bond donors (Lipinski definition) is 2. The third-order valence-electron chi connectivity index (χ3n) is 6.36. The topological polar surface area (TPSA) is 132 Å². The van der Waals surface area contributed by atoms with Gasteiger partial charge in [-0.1, -0.05) is 20.8 Å². The van der Waals surface area contributed by atoms with Crippen molar-refractivity contribution in [2.24, 2.45) is 0 Å². The van der Waals surface area contributed by atoms with Crippen LogP contribution in [0.2, 0.25) is 0 Å². The first-order valence-corrected chi connectivity index (χ1v) is 12.3. The highest BCUT2D eigenvalue weighted by molar-refractivity contribution is 8.93. The minimum Gasteiger partial charge on any atom is -0.493 e. The van der Waals surface area contributed by atoms with Gasteiger partial charge in [-0.15, -0.1) is 17.0 Å². The molecule has 1 amide bonds. The van der Waals surface area contributed by atoms with Crippen molar-refractivity contribution in [1.82, 2.24) is 15.2 Å². The number of halogens is 1. The van der Waals surface area contributed by atoms with Crippen LogP contribution in [-0.2, 0) is 18.4 Å². The van der Waals surface area contributed by atoms with Crippen LogP contribution in [0.15, 0.2) is 28.7 Å². The molecule has 1 aromatic heterocycles. The van der Waals surface area contributed by atoms with Gasteiger partial charge in [-0.2, -0.15) is 5.26 Å². The Hall–Kier alpha value is -3.71. The van der Waals surface area contributed by atoms with E-state index in [1.54, 1.807) is 30.1 Å². The van der Waals surface area contributed by atoms with Crippen molar-refractivity contribution in [1.29, 1.82) is 10.7 Å². The van der Waals surface area contributed by atoms with Crippen LogP contribution in [0.3, 0.4) is 0 Å². The van der Waals surface area contributed by atoms with Gasteiger partial charge in [-0.25, -0.2) is 4.98 Å². The Morgan fingerprint density at radius 2 is 2.00 bits per heavy atom. The minimum absolute atomic E-state index is 0. The number of fused-ring (bicyclic) bond motifs is 2. The van der Waals surface area contributed by atoms with E-state index in [0.717, 1.165) is 11.1 Å². The third-order valence-corrected chi connectivity index (χ3v) is 6.36. The number of amidine groups is 1. The van der Waals surface area contributed by atoms with Crippen LogP contribution in [0, 0.1) is 16.7 Å². The molecule has 200 valence electrons. The highest BCUT2D eigenvalue weighted by Gasteiger charge is 2.30. The van der Waals surface area contributed by atoms with Gasteiger partial charge in [0, 0.05) is 43.1 Å². The fraction of sp³-hybridized carbons (Fsp3) is 0.393. The molecule has 2 heterocycles. The van der Waals surface area contributed by atoms with Crippen LogP contribution in [0.1, 0.15) is 77.4 Å². The second kappa shape index (κ2) is 11.4. The van der Waals surface area contributed by atoms with Crippen LogP contribution < -0.4 is 10.1 Å². The van der Waals surface area contributed by atoms with E-state index in [-0.39, 0.29) is 46.5 Å². The average Bonchev–Trinajstić information content (AvgIpc) is 3.40. The molecule has 0 spiro atoms. The lowest BCUT2D eigenvalue weighted by atomic mass is 9.85. The zero-order chi connectivity index (χ0) is 26.9. The summed E-state index contributed by atoms with van der Waals surface area (Å²) in [4.78, 5) is 32.1. The Labute approximate surface area is 232 Å². The summed E-state index contributed by atoms with van der Waals surface area (Å²) in [6.07, 6.45) is 0.705. The molecule has 0 radical (unpaired) electrons. The second-order valence-corrected chi connectivity index (χ2v) is 10.0. The van der Waals surface area contributed by atoms with Crippen LogP contribution in [0.5, 0.6) is 5.75 Å². The summed E-state index contributed by atoms with van der Waals surface area (Å²) in [6, 6.07) is 9.10. The lowest BCUT2D eigenvalue weighted by Gasteiger charge is -2.21. The first-order chi connectivity index (χ1) is 17.6. The standard InChI is InChI=1S/C28H31N5O4.BrH/c1-6-36-23-12-17-14-33(26(30)18(17)13-19(23)27(35)31-5)15-22(34)16-10-20(28(2,3)4)25-21(11-16)32-24(37-25)8-7-9-29;/h10-13,30H,6-8,14-15H2,1-5H3,(H,31,35);1H. The van der Waals surface area contributed by atoms with Crippen molar-refractivity contribution >= 4 is 45.6 Å². The van der Waals surface area contributed by atoms with Crippen molar-refractivity contribution in [3.05, 3.63) is 58.0 Å². The summed E-state index contributed by atoms with van der Waals surface area (Å²) >= 11 is 0. The number of aromatic nitrogens is 1. The number of ketones is 1. The lowest BCUT2D eigenvalue weighted by molar-refractivity contribution is 0.0953. The molecule has 2 N–H and O–H groups in total. The smallest absolute Gasteiger partial charge is 0.254 e. The zero-order valence-corrected chi connectivity index (χ0v) is 23.9. The summed E-state index contributed by atoms with van der Waals surface area (Å²) < 4.78 is 11.6. The van der Waals surface area contributed by atoms with E-state index in [9.17, 15) is 9.59 Å². The number of nitrogens with one attached hydrogen (secondary N) is 2. The van der Waals surface area contributed by atoms with Gasteiger partial charge in [0.15, 0.2) is 17.3 Å². The van der Waals surface area contributed by atoms with E-state index >= 15 is 0 Å². The number of hydrogen-bond acceptors (Lipinski definition) is 7. The molecule has 3 aromatic rings. The molecule has 10 heteroatoms. The molecule has 0 fully saturated rings. The Morgan fingerprint density at radius 3 is 2.63 bits per heavy atom. The van der Waals surface area contributed by atoms with Crippen LogP contribution in [0.4, 0.5) is 0 Å². The van der Waals surface area contributed by atoms with Gasteiger partial charge in [0.25, 0.3) is 5.91 Å². The number of aryl methyl sites for hydroxylation is 1. The van der Waals surface area contributed by atoms with Crippen molar-refractivity contribution in [2.75, 3.05) is 20.2 Å². The number of amides is 1. The molecule has 4 rings (SSSR count). The van der Waals surface area contributed by atoms with Gasteiger partial charge >= 0.3 is 0 Å². The van der Waals surface area contributed by atoms with Gasteiger partial charge < -0.3 is 19.4 Å². The molecule has 0 saturated heterocycles. The number of Topliss-reactive ketones (excluding diaryl/α,β-unsaturated/α-hetero) is 1. The molecule has 38 heavy (non-hydrogen) atoms. The first-order valence-electron chi connectivity index (χ1n) is 12.3. The van der Waals surface area contributed by atoms with Gasteiger partial charge in [0.2, 0.25) is 0 Å². The van der Waals surface area contributed by atoms with Crippen molar-refractivity contribution in [2.45, 2.75) is 52.5 Å². The van der Waals surface area contributed by atoms with Gasteiger partial charge in [-0.05, 0) is 42.2 Å². The normalized spacial score (nSPS) is 12.6. The summed E-state index contributed by atoms with van der Waals surface area (Å²) in [6.45, 7) is 8.74. The quantitative estimate of drug-likeness (QED) is 0.360. The predicted octanol–water partition coefficient (Wildman–Crippen LogP) is 4.94. The van der Waals surface area contributed by atoms with Crippen LogP contribution in [-0.4, -0.2) is 47.6 Å². The predicted molar refractivity (Wildman–Crippen MR) is 150 cm³/mol. The third kappa shape index (κ3) is 5.58. The van der Waals surface area contributed by atoms with E-state index in [1.165, 1.54) is 0 Å². The molecule has 0 unspecified atom stereocenters. The number of nitriles is 1. The fourth-order valence-electron chi connectivity index (χ4n) is 4.48. The largest absolute Gasteiger partial charge is 0.493 e. The number of carbonyl (C=O) groups excluding carboxylic acids is 2. The molecular weight excluding hydrogens is 550 g/mol. The molecule has 9 nitrogen and oxygen atoms in total. The van der Waals surface area contributed by atoms with E-state index in [1.807, 2.05) is 33.8 Å². The number of benzene rings is 2. The monoisotopic (exact) mass is 581 g/mol. The molecule has 0 bridgehead atoms. The highest BCUT2D eigenvalue weighted by Crippen LogP contribution is 2.34. The number of carbonyl (C=O) groups is 2. The second-order valence-electron chi connectivity index (χ2n) is 10.0. The molecule has 1 aliphatic rings. The summed E-state index contributed by atoms with van der Waals surface area (Å²) in [5.41, 5.74) is 4.06. The molecule has 0 atom stereocenters. The summed E-state index contributed by atoms with van der Waals surface area (Å²) in [5.74, 6) is 0.677. The molecule has 1 aliphatic heterocycles. The van der Waals surface area contributed by atoms with E-state index < -0.39 is 0 Å². The Morgan fingerprint density at radius 1 is 1.26 bits per heavy atom. The number of oxazole rings is 1. The summed E-state index contributed by atoms with van der Waals surface area (Å²) in [7, 11) is 1.55. The molecule has 0 saturated carbocycles. The van der Waals surface area contributed by atoms with Crippen molar-refractivity contribution < 1.29 is 18.7 Å². The number of ether oxygens (including phenoxy) is 1. The van der Waals surface area contributed by atoms with Gasteiger partial charge in [0.05, 0.1) is 24.8 Å². The molecule has 0 aliphatic carbocycles. The first kappa shape index (κ1) is 28.9. The maximum absolute atomic E-state index is 13.5. The van der Waals surface area contributed by atoms with Crippen molar-refractivity contribution in [3.63, 3.8) is 0 Å². The summed E-state index contributed by atoms with van der Waals surface area (Å²) in [5, 5.41) is 20.2. The van der Waals surface area contributed by atoms with E-state index in [2.05, 4.69) is 16.4 Å². The number of nitrogens with zero attached hydrogens (tertiary/aromatic N) is 3. The average molecular weight is 582 g/mol. The maximum Gasteiger partial charge on any atom is 0.254 e. The SMILES string of the molecule is Br.CCOc1cc2c(cc1C(=O)NC)C(=N)N(CC(=O)c1cc(C(C)(C)C)c3oc(CCC#N)nc3c1)C2. The van der Waals surface area contributed by atoms with Crippen LogP contribution in [0.25, 0.3) is 11.1 Å². The lowest BCUT2D eigenvalue weighted by Crippen LogP contribution is -2.30. The molecular formula is C28H32BrN5O4. The Kier molecular flexibility index (Phi) is 8.62. The van der Waals surface area contributed by atoms with Gasteiger partial charge in [0.1, 0.15) is 17.1 Å². The Bertz CT molecular complexity index is 1450. The number of rotatable bonds is 8. The van der Waals surface area contributed by atoms with E-state index in [4.69, 9.17) is 19.8 Å². The maximum atomic E-state index is 13.5. The van der Waals surface area contributed by atoms with Gasteiger partial charge in [-0.3, -0.25) is 15.0 Å². The van der Waals surface area contributed by atoms with Crippen LogP contribution >= 0.6 is 17.0 Å².